The molecular formula is C19H17N7OS. The molecule has 0 aromatic carbocycles. The van der Waals surface area contributed by atoms with E-state index in [1.54, 1.807) is 30.9 Å². The van der Waals surface area contributed by atoms with Gasteiger partial charge in [0.2, 0.25) is 5.91 Å². The van der Waals surface area contributed by atoms with E-state index in [1.165, 1.54) is 18.3 Å². The molecule has 4 aromatic heterocycles. The number of carbonyl (C=O) groups is 1. The Labute approximate surface area is 165 Å². The number of aromatic nitrogens is 5. The summed E-state index contributed by atoms with van der Waals surface area (Å²) in [5.74, 6) is 1.85. The van der Waals surface area contributed by atoms with Gasteiger partial charge in [-0.05, 0) is 24.3 Å². The van der Waals surface area contributed by atoms with Crippen LogP contribution in [0.2, 0.25) is 0 Å². The van der Waals surface area contributed by atoms with E-state index in [-0.39, 0.29) is 5.91 Å². The van der Waals surface area contributed by atoms with Crippen LogP contribution in [-0.4, -0.2) is 37.9 Å². The number of rotatable bonds is 5. The molecule has 4 heterocycles. The molecule has 0 saturated carbocycles. The average Bonchev–Trinajstić information content (AvgIpc) is 3.37. The topological polar surface area (TPSA) is 108 Å². The predicted octanol–water partition coefficient (Wildman–Crippen LogP) is 3.66. The van der Waals surface area contributed by atoms with Crippen molar-refractivity contribution in [1.29, 1.82) is 0 Å². The molecular weight excluding hydrogens is 374 g/mol. The molecule has 4 rings (SSSR count). The van der Waals surface area contributed by atoms with Gasteiger partial charge in [-0.2, -0.15) is 0 Å². The van der Waals surface area contributed by atoms with Gasteiger partial charge < -0.3 is 15.6 Å². The largest absolute Gasteiger partial charge is 0.373 e. The zero-order valence-corrected chi connectivity index (χ0v) is 16.0. The third-order valence-corrected chi connectivity index (χ3v) is 5.06. The number of aromatic amines is 1. The summed E-state index contributed by atoms with van der Waals surface area (Å²) in [4.78, 5) is 33.2. The van der Waals surface area contributed by atoms with E-state index in [9.17, 15) is 4.79 Å². The Morgan fingerprint density at radius 2 is 1.96 bits per heavy atom. The summed E-state index contributed by atoms with van der Waals surface area (Å²) in [6.07, 6.45) is 6.92. The molecule has 0 spiro atoms. The van der Waals surface area contributed by atoms with E-state index < -0.39 is 0 Å². The number of pyridine rings is 2. The van der Waals surface area contributed by atoms with Gasteiger partial charge in [-0.3, -0.25) is 4.79 Å². The molecule has 0 unspecified atom stereocenters. The molecule has 0 bridgehead atoms. The Bertz CT molecular complexity index is 1100. The van der Waals surface area contributed by atoms with Gasteiger partial charge in [-0.15, -0.1) is 11.3 Å². The number of nitrogens with one attached hydrogen (secondary N) is 3. The van der Waals surface area contributed by atoms with Gasteiger partial charge in [-0.25, -0.2) is 19.9 Å². The van der Waals surface area contributed by atoms with Crippen molar-refractivity contribution in [1.82, 2.24) is 24.9 Å². The summed E-state index contributed by atoms with van der Waals surface area (Å²) in [6, 6.07) is 7.54. The SMILES string of the molecule is CNc1ccc(-c2nc(-c3ccnc(NC(C)=O)c3)sc2-c2ncc[nH]2)cn1. The molecule has 0 aliphatic heterocycles. The molecule has 4 aromatic rings. The Hall–Kier alpha value is -3.59. The Kier molecular flexibility index (Phi) is 4.81. The number of thiazole rings is 1. The molecule has 1 amide bonds. The van der Waals surface area contributed by atoms with Gasteiger partial charge in [0.1, 0.15) is 22.5 Å². The first-order chi connectivity index (χ1) is 13.6. The highest BCUT2D eigenvalue weighted by Crippen LogP contribution is 2.39. The Morgan fingerprint density at radius 1 is 1.07 bits per heavy atom. The molecule has 140 valence electrons. The fourth-order valence-corrected chi connectivity index (χ4v) is 3.73. The molecule has 28 heavy (non-hydrogen) atoms. The maximum atomic E-state index is 11.3. The summed E-state index contributed by atoms with van der Waals surface area (Å²) < 4.78 is 0. The highest BCUT2D eigenvalue weighted by atomic mass is 32.1. The quantitative estimate of drug-likeness (QED) is 0.479. The fourth-order valence-electron chi connectivity index (χ4n) is 2.68. The lowest BCUT2D eigenvalue weighted by Crippen LogP contribution is -2.07. The Balaban J connectivity index is 1.80. The van der Waals surface area contributed by atoms with E-state index in [4.69, 9.17) is 4.98 Å². The van der Waals surface area contributed by atoms with Crippen molar-refractivity contribution >= 4 is 28.9 Å². The number of carbonyl (C=O) groups excluding carboxylic acids is 1. The van der Waals surface area contributed by atoms with Crippen molar-refractivity contribution < 1.29 is 4.79 Å². The number of anilines is 2. The zero-order valence-electron chi connectivity index (χ0n) is 15.2. The van der Waals surface area contributed by atoms with Crippen LogP contribution in [0.1, 0.15) is 6.92 Å². The van der Waals surface area contributed by atoms with Gasteiger partial charge in [0.05, 0.1) is 10.6 Å². The molecule has 3 N–H and O–H groups in total. The van der Waals surface area contributed by atoms with Gasteiger partial charge >= 0.3 is 0 Å². The number of hydrogen-bond acceptors (Lipinski definition) is 7. The van der Waals surface area contributed by atoms with E-state index in [2.05, 4.69) is 30.6 Å². The predicted molar refractivity (Wildman–Crippen MR) is 110 cm³/mol. The van der Waals surface area contributed by atoms with Crippen molar-refractivity contribution in [3.63, 3.8) is 0 Å². The normalized spacial score (nSPS) is 10.6. The molecule has 8 nitrogen and oxygen atoms in total. The second kappa shape index (κ2) is 7.57. The number of H-pyrrole nitrogens is 1. The minimum absolute atomic E-state index is 0.170. The second-order valence-corrected chi connectivity index (χ2v) is 6.93. The van der Waals surface area contributed by atoms with Crippen LogP contribution in [0.15, 0.2) is 49.1 Å². The Morgan fingerprint density at radius 3 is 2.64 bits per heavy atom. The third-order valence-electron chi connectivity index (χ3n) is 3.94. The first-order valence-corrected chi connectivity index (χ1v) is 9.34. The first kappa shape index (κ1) is 17.8. The smallest absolute Gasteiger partial charge is 0.222 e. The lowest BCUT2D eigenvalue weighted by Gasteiger charge is -2.03. The van der Waals surface area contributed by atoms with Gasteiger partial charge in [0.15, 0.2) is 0 Å². The highest BCUT2D eigenvalue weighted by Gasteiger charge is 2.18. The zero-order chi connectivity index (χ0) is 19.5. The van der Waals surface area contributed by atoms with Crippen LogP contribution in [0.5, 0.6) is 0 Å². The third kappa shape index (κ3) is 3.60. The maximum Gasteiger partial charge on any atom is 0.222 e. The lowest BCUT2D eigenvalue weighted by atomic mass is 10.2. The minimum atomic E-state index is -0.170. The second-order valence-electron chi connectivity index (χ2n) is 5.93. The molecule has 9 heteroatoms. The fraction of sp³-hybridized carbons (Fsp3) is 0.105. The van der Waals surface area contributed by atoms with Gasteiger partial charge in [-0.1, -0.05) is 0 Å². The molecule has 0 fully saturated rings. The van der Waals surface area contributed by atoms with Crippen molar-refractivity contribution in [3.05, 3.63) is 49.1 Å². The van der Waals surface area contributed by atoms with Crippen LogP contribution >= 0.6 is 11.3 Å². The van der Waals surface area contributed by atoms with E-state index >= 15 is 0 Å². The maximum absolute atomic E-state index is 11.3. The number of imidazole rings is 1. The van der Waals surface area contributed by atoms with Crippen molar-refractivity contribution in [2.45, 2.75) is 6.92 Å². The first-order valence-electron chi connectivity index (χ1n) is 8.53. The van der Waals surface area contributed by atoms with Gasteiger partial charge in [0, 0.05) is 49.9 Å². The summed E-state index contributed by atoms with van der Waals surface area (Å²) in [7, 11) is 1.83. The number of hydrogen-bond donors (Lipinski definition) is 3. The molecule has 0 atom stereocenters. The van der Waals surface area contributed by atoms with Crippen LogP contribution in [0.25, 0.3) is 32.5 Å². The van der Waals surface area contributed by atoms with Crippen molar-refractivity contribution in [2.24, 2.45) is 0 Å². The van der Waals surface area contributed by atoms with Crippen LogP contribution < -0.4 is 10.6 Å². The molecule has 0 aliphatic carbocycles. The van der Waals surface area contributed by atoms with Crippen molar-refractivity contribution in [2.75, 3.05) is 17.7 Å². The van der Waals surface area contributed by atoms with E-state index in [0.717, 1.165) is 38.3 Å². The van der Waals surface area contributed by atoms with Crippen molar-refractivity contribution in [3.8, 4) is 32.5 Å². The molecule has 0 aliphatic rings. The van der Waals surface area contributed by atoms with Crippen LogP contribution in [-0.2, 0) is 4.79 Å². The highest BCUT2D eigenvalue weighted by molar-refractivity contribution is 7.18. The minimum Gasteiger partial charge on any atom is -0.373 e. The molecule has 0 radical (unpaired) electrons. The van der Waals surface area contributed by atoms with Crippen LogP contribution in [0.3, 0.4) is 0 Å². The van der Waals surface area contributed by atoms with E-state index in [0.29, 0.717) is 5.82 Å². The van der Waals surface area contributed by atoms with Gasteiger partial charge in [0.25, 0.3) is 0 Å². The lowest BCUT2D eigenvalue weighted by molar-refractivity contribution is -0.114. The van der Waals surface area contributed by atoms with Crippen LogP contribution in [0.4, 0.5) is 11.6 Å². The van der Waals surface area contributed by atoms with E-state index in [1.807, 2.05) is 25.2 Å². The summed E-state index contributed by atoms with van der Waals surface area (Å²) >= 11 is 1.51. The summed E-state index contributed by atoms with van der Waals surface area (Å²) in [5.41, 5.74) is 2.55. The number of nitrogens with zero attached hydrogens (tertiary/aromatic N) is 4. The summed E-state index contributed by atoms with van der Waals surface area (Å²) in [5, 5.41) is 6.51. The summed E-state index contributed by atoms with van der Waals surface area (Å²) in [6.45, 7) is 1.45. The standard InChI is InChI=1S/C19H17N7OS/c1-11(27)25-15-9-12(5-6-21-15)19-26-16(13-3-4-14(20-2)24-10-13)17(28-19)18-22-7-8-23-18/h3-10H,1-2H3,(H,20,24)(H,22,23)(H,21,25,27). The monoisotopic (exact) mass is 391 g/mol. The molecule has 0 saturated heterocycles. The average molecular weight is 391 g/mol. The van der Waals surface area contributed by atoms with Crippen LogP contribution in [0, 0.1) is 0 Å². The number of amides is 1.